The van der Waals surface area contributed by atoms with Crippen molar-refractivity contribution in [3.8, 4) is 11.8 Å². The van der Waals surface area contributed by atoms with Crippen molar-refractivity contribution in [2.75, 3.05) is 13.2 Å². The Balaban J connectivity index is 1.62. The molecule has 0 fully saturated rings. The van der Waals surface area contributed by atoms with Gasteiger partial charge < -0.3 is 9.47 Å². The predicted molar refractivity (Wildman–Crippen MR) is 132 cm³/mol. The van der Waals surface area contributed by atoms with Crippen LogP contribution in [0.4, 0.5) is 4.39 Å². The number of halogens is 2. The lowest BCUT2D eigenvalue weighted by molar-refractivity contribution is -0.0249. The minimum absolute atomic E-state index is 0.214. The minimum Gasteiger partial charge on any atom is -0.489 e. The molecule has 0 aromatic heterocycles. The third-order valence-corrected chi connectivity index (χ3v) is 5.74. The molecule has 0 aliphatic carbocycles. The topological polar surface area (TPSA) is 42.2 Å². The van der Waals surface area contributed by atoms with Gasteiger partial charge in [0.05, 0.1) is 12.2 Å². The fourth-order valence-corrected chi connectivity index (χ4v) is 4.10. The summed E-state index contributed by atoms with van der Waals surface area (Å²) in [6.45, 7) is -0.473. The Morgan fingerprint density at radius 1 is 0.765 bits per heavy atom. The van der Waals surface area contributed by atoms with Crippen molar-refractivity contribution < 1.29 is 13.9 Å². The van der Waals surface area contributed by atoms with E-state index in [0.29, 0.717) is 5.02 Å². The van der Waals surface area contributed by atoms with Crippen molar-refractivity contribution in [2.45, 2.75) is 11.8 Å². The molecule has 1 atom stereocenters. The van der Waals surface area contributed by atoms with E-state index in [1.54, 1.807) is 12.1 Å². The van der Waals surface area contributed by atoms with E-state index >= 15 is 4.39 Å². The summed E-state index contributed by atoms with van der Waals surface area (Å²) < 4.78 is 27.2. The maximum absolute atomic E-state index is 15.1. The number of ether oxygens (including phenoxy) is 2. The van der Waals surface area contributed by atoms with Crippen LogP contribution >= 0.6 is 11.6 Å². The standard InChI is InChI=1S/C29H23ClFNO2/c30-26-16-17-28(22(18-26)19-32)33-20-27(31)21-34-29(23-10-4-1-5-11-23,24-12-6-2-7-13-24)25-14-8-3-9-15-25/h1-18,27H,20-21H2/t27-/m1/s1. The molecule has 5 heteroatoms. The molecule has 34 heavy (non-hydrogen) atoms. The van der Waals surface area contributed by atoms with Gasteiger partial charge in [-0.2, -0.15) is 5.26 Å². The van der Waals surface area contributed by atoms with Crippen molar-refractivity contribution in [3.63, 3.8) is 0 Å². The smallest absolute Gasteiger partial charge is 0.157 e. The molecule has 0 unspecified atom stereocenters. The van der Waals surface area contributed by atoms with E-state index in [2.05, 4.69) is 0 Å². The monoisotopic (exact) mass is 471 g/mol. The highest BCUT2D eigenvalue weighted by Gasteiger charge is 2.38. The molecule has 0 heterocycles. The van der Waals surface area contributed by atoms with Gasteiger partial charge >= 0.3 is 0 Å². The third-order valence-electron chi connectivity index (χ3n) is 5.50. The van der Waals surface area contributed by atoms with Crippen molar-refractivity contribution in [2.24, 2.45) is 0 Å². The summed E-state index contributed by atoms with van der Waals surface area (Å²) in [5, 5.41) is 9.71. The molecule has 3 nitrogen and oxygen atoms in total. The number of hydrogen-bond acceptors (Lipinski definition) is 3. The molecule has 0 saturated carbocycles. The summed E-state index contributed by atoms with van der Waals surface area (Å²) >= 11 is 5.93. The van der Waals surface area contributed by atoms with Crippen LogP contribution < -0.4 is 4.74 Å². The molecule has 0 amide bonds. The first-order chi connectivity index (χ1) is 16.6. The third kappa shape index (κ3) is 5.12. The fourth-order valence-electron chi connectivity index (χ4n) is 3.93. The Labute approximate surface area is 204 Å². The molecule has 4 aromatic carbocycles. The highest BCUT2D eigenvalue weighted by atomic mass is 35.5. The summed E-state index contributed by atoms with van der Waals surface area (Å²) in [4.78, 5) is 0. The Hall–Kier alpha value is -3.65. The van der Waals surface area contributed by atoms with Crippen LogP contribution in [-0.4, -0.2) is 19.4 Å². The minimum atomic E-state index is -1.43. The maximum Gasteiger partial charge on any atom is 0.157 e. The number of hydrogen-bond donors (Lipinski definition) is 0. The lowest BCUT2D eigenvalue weighted by Gasteiger charge is -2.36. The molecule has 0 N–H and O–H groups in total. The van der Waals surface area contributed by atoms with Gasteiger partial charge in [0.2, 0.25) is 0 Å². The Kier molecular flexibility index (Phi) is 7.59. The van der Waals surface area contributed by atoms with E-state index in [-0.39, 0.29) is 24.5 Å². The Morgan fingerprint density at radius 2 is 1.26 bits per heavy atom. The molecule has 4 aromatic rings. The Morgan fingerprint density at radius 3 is 1.74 bits per heavy atom. The quantitative estimate of drug-likeness (QED) is 0.248. The van der Waals surface area contributed by atoms with Gasteiger partial charge in [0.1, 0.15) is 24.0 Å². The molecular formula is C29H23ClFNO2. The van der Waals surface area contributed by atoms with Crippen molar-refractivity contribution in [1.29, 1.82) is 5.26 Å². The zero-order valence-electron chi connectivity index (χ0n) is 18.4. The molecule has 0 radical (unpaired) electrons. The second kappa shape index (κ2) is 11.0. The van der Waals surface area contributed by atoms with Crippen LogP contribution in [-0.2, 0) is 10.3 Å². The van der Waals surface area contributed by atoms with Crippen LogP contribution in [0.2, 0.25) is 5.02 Å². The van der Waals surface area contributed by atoms with E-state index in [9.17, 15) is 5.26 Å². The van der Waals surface area contributed by atoms with Crippen LogP contribution in [0.25, 0.3) is 0 Å². The first-order valence-corrected chi connectivity index (χ1v) is 11.3. The summed E-state index contributed by atoms with van der Waals surface area (Å²) in [5.74, 6) is 0.287. The predicted octanol–water partition coefficient (Wildman–Crippen LogP) is 6.94. The average Bonchev–Trinajstić information content (AvgIpc) is 2.90. The van der Waals surface area contributed by atoms with E-state index in [1.165, 1.54) is 6.07 Å². The van der Waals surface area contributed by atoms with E-state index < -0.39 is 11.8 Å². The fraction of sp³-hybridized carbons (Fsp3) is 0.138. The second-order valence-electron chi connectivity index (χ2n) is 7.75. The number of benzene rings is 4. The van der Waals surface area contributed by atoms with Gasteiger partial charge in [0, 0.05) is 5.02 Å². The molecule has 4 rings (SSSR count). The first-order valence-electron chi connectivity index (χ1n) is 10.9. The number of nitriles is 1. The SMILES string of the molecule is N#Cc1cc(Cl)ccc1OC[C@@H](F)COC(c1ccccc1)(c1ccccc1)c1ccccc1. The van der Waals surface area contributed by atoms with Gasteiger partial charge in [-0.05, 0) is 34.9 Å². The van der Waals surface area contributed by atoms with Crippen molar-refractivity contribution >= 4 is 11.6 Å². The second-order valence-corrected chi connectivity index (χ2v) is 8.19. The highest BCUT2D eigenvalue weighted by Crippen LogP contribution is 2.40. The zero-order valence-corrected chi connectivity index (χ0v) is 19.2. The lowest BCUT2D eigenvalue weighted by Crippen LogP contribution is -2.36. The van der Waals surface area contributed by atoms with Crippen LogP contribution in [0.1, 0.15) is 22.3 Å². The Bertz CT molecular complexity index is 1150. The maximum atomic E-state index is 15.1. The first kappa shape index (κ1) is 23.5. The highest BCUT2D eigenvalue weighted by molar-refractivity contribution is 6.30. The van der Waals surface area contributed by atoms with E-state index in [1.807, 2.05) is 97.1 Å². The summed E-state index contributed by atoms with van der Waals surface area (Å²) in [5.41, 5.74) is 1.93. The molecule has 0 aliphatic heterocycles. The molecule has 0 saturated heterocycles. The van der Waals surface area contributed by atoms with Gasteiger partial charge in [-0.15, -0.1) is 0 Å². The average molecular weight is 472 g/mol. The van der Waals surface area contributed by atoms with Gasteiger partial charge in [0.15, 0.2) is 6.17 Å². The molecule has 0 spiro atoms. The van der Waals surface area contributed by atoms with Gasteiger partial charge in [-0.1, -0.05) is 103 Å². The summed E-state index contributed by atoms with van der Waals surface area (Å²) in [7, 11) is 0. The molecule has 0 aliphatic rings. The van der Waals surface area contributed by atoms with E-state index in [4.69, 9.17) is 21.1 Å². The van der Waals surface area contributed by atoms with Gasteiger partial charge in [-0.3, -0.25) is 0 Å². The largest absolute Gasteiger partial charge is 0.489 e. The number of rotatable bonds is 9. The van der Waals surface area contributed by atoms with Crippen LogP contribution in [0.15, 0.2) is 109 Å². The van der Waals surface area contributed by atoms with Gasteiger partial charge in [-0.25, -0.2) is 4.39 Å². The van der Waals surface area contributed by atoms with E-state index in [0.717, 1.165) is 16.7 Å². The zero-order chi connectivity index (χ0) is 23.8. The lowest BCUT2D eigenvalue weighted by atomic mass is 9.80. The molecule has 0 bridgehead atoms. The van der Waals surface area contributed by atoms with Crippen molar-refractivity contribution in [1.82, 2.24) is 0 Å². The number of alkyl halides is 1. The normalized spacial score (nSPS) is 12.0. The molecular weight excluding hydrogens is 449 g/mol. The summed E-state index contributed by atoms with van der Waals surface area (Å²) in [6.07, 6.45) is -1.43. The van der Waals surface area contributed by atoms with Crippen LogP contribution in [0.3, 0.4) is 0 Å². The molecule has 170 valence electrons. The number of nitrogens with zero attached hydrogens (tertiary/aromatic N) is 1. The van der Waals surface area contributed by atoms with Crippen LogP contribution in [0.5, 0.6) is 5.75 Å². The van der Waals surface area contributed by atoms with Gasteiger partial charge in [0.25, 0.3) is 0 Å². The van der Waals surface area contributed by atoms with Crippen LogP contribution in [0, 0.1) is 11.3 Å². The van der Waals surface area contributed by atoms with Crippen molar-refractivity contribution in [3.05, 3.63) is 136 Å². The summed E-state index contributed by atoms with van der Waals surface area (Å²) in [6, 6.07) is 36.1.